The summed E-state index contributed by atoms with van der Waals surface area (Å²) < 4.78 is 5.60. The summed E-state index contributed by atoms with van der Waals surface area (Å²) in [6.07, 6.45) is 1.22. The van der Waals surface area contributed by atoms with Gasteiger partial charge in [-0.25, -0.2) is 4.79 Å². The van der Waals surface area contributed by atoms with Crippen molar-refractivity contribution < 1.29 is 14.3 Å². The molecule has 0 aromatic heterocycles. The van der Waals surface area contributed by atoms with Crippen LogP contribution in [0, 0.1) is 0 Å². The van der Waals surface area contributed by atoms with Crippen LogP contribution in [0.1, 0.15) is 38.0 Å². The molecule has 2 aromatic carbocycles. The lowest BCUT2D eigenvalue weighted by Gasteiger charge is -2.38. The summed E-state index contributed by atoms with van der Waals surface area (Å²) in [5.41, 5.74) is 5.45. The normalized spacial score (nSPS) is 22.0. The Bertz CT molecular complexity index is 954. The zero-order valence-electron chi connectivity index (χ0n) is 16.7. The van der Waals surface area contributed by atoms with E-state index in [1.807, 2.05) is 81.4 Å². The second kappa shape index (κ2) is 7.58. The second-order valence-corrected chi connectivity index (χ2v) is 9.41. The first-order valence-electron chi connectivity index (χ1n) is 9.66. The van der Waals surface area contributed by atoms with Gasteiger partial charge in [0.2, 0.25) is 0 Å². The standard InChI is InChI=1S/C24H23NO3S/c1-4-11-18-21(26)25-20(24(2,3)29-22(18)25)23(27)28-19(16-12-7-5-8-13-16)17-14-9-6-10-15-17/h4-10,12-15,19-20,22H,1-3H3/t11?,20-,22+/m0/s1. The molecule has 1 amide bonds. The first-order chi connectivity index (χ1) is 13.9. The quantitative estimate of drug-likeness (QED) is 0.326. The second-order valence-electron chi connectivity index (χ2n) is 7.67. The Balaban J connectivity index is 1.65. The highest BCUT2D eigenvalue weighted by Gasteiger charge is 2.62. The molecule has 0 saturated carbocycles. The molecule has 0 radical (unpaired) electrons. The van der Waals surface area contributed by atoms with Gasteiger partial charge in [-0.1, -0.05) is 60.7 Å². The van der Waals surface area contributed by atoms with E-state index < -0.39 is 16.9 Å². The summed E-state index contributed by atoms with van der Waals surface area (Å²) >= 11 is 1.61. The first-order valence-corrected chi connectivity index (χ1v) is 10.5. The highest BCUT2D eigenvalue weighted by Crippen LogP contribution is 2.53. The number of thioether (sulfide) groups is 1. The number of carbonyl (C=O) groups excluding carboxylic acids is 2. The minimum atomic E-state index is -0.637. The number of esters is 1. The largest absolute Gasteiger partial charge is 0.451 e. The summed E-state index contributed by atoms with van der Waals surface area (Å²) in [6.45, 7) is 5.81. The van der Waals surface area contributed by atoms with E-state index in [0.29, 0.717) is 5.57 Å². The van der Waals surface area contributed by atoms with Crippen molar-refractivity contribution in [3.63, 3.8) is 0 Å². The van der Waals surface area contributed by atoms with Gasteiger partial charge in [-0.15, -0.1) is 17.5 Å². The molecule has 0 spiro atoms. The predicted octanol–water partition coefficient (Wildman–Crippen LogP) is 4.48. The lowest BCUT2D eigenvalue weighted by atomic mass is 9.95. The van der Waals surface area contributed by atoms with E-state index >= 15 is 0 Å². The van der Waals surface area contributed by atoms with Crippen LogP contribution in [0.3, 0.4) is 0 Å². The van der Waals surface area contributed by atoms with Gasteiger partial charge in [-0.05, 0) is 38.0 Å². The lowest BCUT2D eigenvalue weighted by molar-refractivity contribution is -0.160. The van der Waals surface area contributed by atoms with Gasteiger partial charge in [0, 0.05) is 4.75 Å². The van der Waals surface area contributed by atoms with Crippen molar-refractivity contribution in [2.45, 2.75) is 43.0 Å². The van der Waals surface area contributed by atoms with Gasteiger partial charge in [-0.3, -0.25) is 4.79 Å². The van der Waals surface area contributed by atoms with Crippen LogP contribution in [-0.2, 0) is 14.3 Å². The van der Waals surface area contributed by atoms with Crippen LogP contribution in [0.25, 0.3) is 0 Å². The number of β-lactam (4-membered cyclic amide) rings is 1. The maximum absolute atomic E-state index is 13.4. The number of benzene rings is 2. The van der Waals surface area contributed by atoms with E-state index in [-0.39, 0.29) is 17.3 Å². The third kappa shape index (κ3) is 3.41. The Kier molecular flexibility index (Phi) is 5.12. The Morgan fingerprint density at radius 1 is 1.10 bits per heavy atom. The highest BCUT2D eigenvalue weighted by atomic mass is 32.2. The molecular formula is C24H23NO3S. The maximum Gasteiger partial charge on any atom is 0.331 e. The fourth-order valence-electron chi connectivity index (χ4n) is 3.93. The van der Waals surface area contributed by atoms with Crippen LogP contribution < -0.4 is 0 Å². The molecule has 2 fully saturated rings. The Labute approximate surface area is 175 Å². The van der Waals surface area contributed by atoms with E-state index in [4.69, 9.17) is 4.74 Å². The summed E-state index contributed by atoms with van der Waals surface area (Å²) in [5.74, 6) is -0.514. The fourth-order valence-corrected chi connectivity index (χ4v) is 5.46. The molecule has 2 aliphatic heterocycles. The number of ether oxygens (including phenoxy) is 1. The van der Waals surface area contributed by atoms with Gasteiger partial charge in [-0.2, -0.15) is 0 Å². The molecular weight excluding hydrogens is 382 g/mol. The summed E-state index contributed by atoms with van der Waals surface area (Å²) in [4.78, 5) is 27.6. The minimum absolute atomic E-state index is 0.135. The Morgan fingerprint density at radius 2 is 1.66 bits per heavy atom. The highest BCUT2D eigenvalue weighted by molar-refractivity contribution is 8.01. The summed E-state index contributed by atoms with van der Waals surface area (Å²) in [6, 6.07) is 18.7. The molecule has 0 aliphatic carbocycles. The molecule has 2 aliphatic rings. The zero-order chi connectivity index (χ0) is 20.6. The first kappa shape index (κ1) is 19.6. The van der Waals surface area contributed by atoms with Gasteiger partial charge in [0.25, 0.3) is 5.91 Å². The molecule has 29 heavy (non-hydrogen) atoms. The molecule has 2 saturated heterocycles. The van der Waals surface area contributed by atoms with Crippen LogP contribution in [0.4, 0.5) is 0 Å². The molecule has 2 aromatic rings. The summed E-state index contributed by atoms with van der Waals surface area (Å²) in [7, 11) is 0. The molecule has 2 heterocycles. The molecule has 0 N–H and O–H groups in total. The van der Waals surface area contributed by atoms with Crippen molar-refractivity contribution in [1.82, 2.24) is 4.90 Å². The van der Waals surface area contributed by atoms with Crippen molar-refractivity contribution >= 4 is 23.6 Å². The molecule has 5 heteroatoms. The third-order valence-corrected chi connectivity index (χ3v) is 6.80. The molecule has 2 atom stereocenters. The average Bonchev–Trinajstić information content (AvgIpc) is 2.99. The number of carbonyl (C=O) groups is 2. The number of nitrogens with zero attached hydrogens (tertiary/aromatic N) is 1. The van der Waals surface area contributed by atoms with Crippen LogP contribution in [0.5, 0.6) is 0 Å². The molecule has 0 unspecified atom stereocenters. The smallest absolute Gasteiger partial charge is 0.331 e. The van der Waals surface area contributed by atoms with Crippen molar-refractivity contribution in [3.05, 3.63) is 89.2 Å². The fraction of sp³-hybridized carbons (Fsp3) is 0.292. The van der Waals surface area contributed by atoms with Crippen molar-refractivity contribution in [1.29, 1.82) is 0 Å². The number of amides is 1. The van der Waals surface area contributed by atoms with Gasteiger partial charge >= 0.3 is 5.97 Å². The van der Waals surface area contributed by atoms with Gasteiger partial charge in [0.1, 0.15) is 11.4 Å². The van der Waals surface area contributed by atoms with E-state index in [2.05, 4.69) is 5.73 Å². The zero-order valence-corrected chi connectivity index (χ0v) is 17.5. The maximum atomic E-state index is 13.4. The number of fused-ring (bicyclic) bond motifs is 1. The number of hydrogen-bond donors (Lipinski definition) is 0. The van der Waals surface area contributed by atoms with E-state index in [1.54, 1.807) is 22.7 Å². The predicted molar refractivity (Wildman–Crippen MR) is 114 cm³/mol. The van der Waals surface area contributed by atoms with Crippen molar-refractivity contribution in [2.75, 3.05) is 0 Å². The Morgan fingerprint density at radius 3 is 2.17 bits per heavy atom. The third-order valence-electron chi connectivity index (χ3n) is 5.28. The summed E-state index contributed by atoms with van der Waals surface area (Å²) in [5, 5.41) is -0.141. The lowest BCUT2D eigenvalue weighted by Crippen LogP contribution is -2.58. The van der Waals surface area contributed by atoms with Gasteiger partial charge in [0.15, 0.2) is 6.10 Å². The van der Waals surface area contributed by atoms with Crippen LogP contribution in [0.2, 0.25) is 0 Å². The van der Waals surface area contributed by atoms with Crippen LogP contribution in [0.15, 0.2) is 78.0 Å². The molecule has 0 bridgehead atoms. The molecule has 4 rings (SSSR count). The van der Waals surface area contributed by atoms with Gasteiger partial charge in [0.05, 0.1) is 5.57 Å². The van der Waals surface area contributed by atoms with E-state index in [9.17, 15) is 9.59 Å². The Hall–Kier alpha value is -2.75. The van der Waals surface area contributed by atoms with Crippen LogP contribution in [-0.4, -0.2) is 32.9 Å². The van der Waals surface area contributed by atoms with Crippen molar-refractivity contribution in [2.24, 2.45) is 0 Å². The topological polar surface area (TPSA) is 46.6 Å². The molecule has 148 valence electrons. The number of rotatable bonds is 4. The molecule has 4 nitrogen and oxygen atoms in total. The monoisotopic (exact) mass is 405 g/mol. The average molecular weight is 406 g/mol. The SMILES string of the molecule is CC=C=C1C(=O)N2[C@@H]1SC(C)(C)[C@@H]2C(=O)OC(c1ccccc1)c1ccccc1. The van der Waals surface area contributed by atoms with E-state index in [1.165, 1.54) is 0 Å². The van der Waals surface area contributed by atoms with E-state index in [0.717, 1.165) is 11.1 Å². The number of hydrogen-bond acceptors (Lipinski definition) is 4. The van der Waals surface area contributed by atoms with Gasteiger partial charge < -0.3 is 9.64 Å². The van der Waals surface area contributed by atoms with Crippen molar-refractivity contribution in [3.8, 4) is 0 Å². The minimum Gasteiger partial charge on any atom is -0.451 e. The van der Waals surface area contributed by atoms with Crippen LogP contribution >= 0.6 is 11.8 Å².